The number of nitrogens with two attached hydrogens (primary N) is 1. The number of rotatable bonds is 4. The van der Waals surface area contributed by atoms with E-state index < -0.39 is 0 Å². The maximum Gasteiger partial charge on any atom is 0.207 e. The second-order valence-corrected chi connectivity index (χ2v) is 3.13. The normalized spacial score (nSPS) is 12.1. The Morgan fingerprint density at radius 1 is 1.62 bits per heavy atom. The van der Waals surface area contributed by atoms with Gasteiger partial charge in [0.25, 0.3) is 0 Å². The smallest absolute Gasteiger partial charge is 0.207 e. The first-order valence-electron chi connectivity index (χ1n) is 4.26. The zero-order valence-corrected chi connectivity index (χ0v) is 7.66. The van der Waals surface area contributed by atoms with E-state index in [2.05, 4.69) is 5.32 Å². The maximum atomic E-state index is 10.1. The zero-order chi connectivity index (χ0) is 9.68. The highest BCUT2D eigenvalue weighted by Gasteiger charge is 2.01. The van der Waals surface area contributed by atoms with Crippen LogP contribution >= 0.6 is 0 Å². The number of nitrogens with one attached hydrogen (secondary N) is 1. The topological polar surface area (TPSA) is 55.1 Å². The quantitative estimate of drug-likeness (QED) is 0.532. The van der Waals surface area contributed by atoms with Crippen LogP contribution in [0.3, 0.4) is 0 Å². The fraction of sp³-hybridized carbons (Fsp3) is 0.300. The van der Waals surface area contributed by atoms with E-state index in [1.54, 1.807) is 0 Å². The van der Waals surface area contributed by atoms with E-state index in [1.165, 1.54) is 0 Å². The lowest BCUT2D eigenvalue weighted by Gasteiger charge is -2.09. The summed E-state index contributed by atoms with van der Waals surface area (Å²) in [6, 6.07) is 7.83. The number of hydrogen-bond donors (Lipinski definition) is 2. The summed E-state index contributed by atoms with van der Waals surface area (Å²) in [5, 5.41) is 2.69. The van der Waals surface area contributed by atoms with Crippen molar-refractivity contribution in [3.8, 4) is 0 Å². The minimum absolute atomic E-state index is 0.152. The summed E-state index contributed by atoms with van der Waals surface area (Å²) in [5.74, 6) is 0. The fourth-order valence-corrected chi connectivity index (χ4v) is 1.25. The van der Waals surface area contributed by atoms with Crippen LogP contribution in [-0.2, 0) is 11.2 Å². The molecule has 1 amide bonds. The molecule has 0 aromatic heterocycles. The van der Waals surface area contributed by atoms with Crippen LogP contribution in [0.15, 0.2) is 24.3 Å². The SMILES string of the molecule is CC(Cc1cccc(N)c1)NC=O. The average molecular weight is 178 g/mol. The van der Waals surface area contributed by atoms with Crippen molar-refractivity contribution < 1.29 is 4.79 Å². The Kier molecular flexibility index (Phi) is 3.31. The molecule has 0 spiro atoms. The summed E-state index contributed by atoms with van der Waals surface area (Å²) in [6.45, 7) is 1.96. The van der Waals surface area contributed by atoms with Gasteiger partial charge in [-0.15, -0.1) is 0 Å². The van der Waals surface area contributed by atoms with Crippen molar-refractivity contribution in [3.05, 3.63) is 29.8 Å². The molecule has 0 aliphatic heterocycles. The van der Waals surface area contributed by atoms with Gasteiger partial charge >= 0.3 is 0 Å². The van der Waals surface area contributed by atoms with Crippen LogP contribution in [0.25, 0.3) is 0 Å². The van der Waals surface area contributed by atoms with E-state index in [1.807, 2.05) is 31.2 Å². The number of carbonyl (C=O) groups is 1. The molecule has 0 heterocycles. The molecule has 1 atom stereocenters. The van der Waals surface area contributed by atoms with Crippen LogP contribution in [-0.4, -0.2) is 12.5 Å². The van der Waals surface area contributed by atoms with Crippen molar-refractivity contribution in [2.45, 2.75) is 19.4 Å². The Morgan fingerprint density at radius 3 is 3.00 bits per heavy atom. The molecule has 0 bridgehead atoms. The number of amides is 1. The number of carbonyl (C=O) groups excluding carboxylic acids is 1. The number of benzene rings is 1. The molecular weight excluding hydrogens is 164 g/mol. The van der Waals surface area contributed by atoms with Crippen LogP contribution in [0, 0.1) is 0 Å². The van der Waals surface area contributed by atoms with Gasteiger partial charge in [-0.25, -0.2) is 0 Å². The lowest BCUT2D eigenvalue weighted by atomic mass is 10.1. The number of hydrogen-bond acceptors (Lipinski definition) is 2. The predicted octanol–water partition coefficient (Wildman–Crippen LogP) is 0.946. The molecular formula is C10H14N2O. The molecule has 70 valence electrons. The van der Waals surface area contributed by atoms with Crippen molar-refractivity contribution in [3.63, 3.8) is 0 Å². The Morgan fingerprint density at radius 2 is 2.38 bits per heavy atom. The molecule has 0 fully saturated rings. The van der Waals surface area contributed by atoms with Crippen LogP contribution in [0.2, 0.25) is 0 Å². The first kappa shape index (κ1) is 9.58. The van der Waals surface area contributed by atoms with Gasteiger partial charge in [0.05, 0.1) is 0 Å². The minimum Gasteiger partial charge on any atom is -0.399 e. The zero-order valence-electron chi connectivity index (χ0n) is 7.66. The molecule has 1 aromatic carbocycles. The Bertz CT molecular complexity index is 286. The summed E-state index contributed by atoms with van der Waals surface area (Å²) in [6.07, 6.45) is 1.53. The van der Waals surface area contributed by atoms with Crippen molar-refractivity contribution in [1.82, 2.24) is 5.32 Å². The van der Waals surface area contributed by atoms with Gasteiger partial charge in [0.2, 0.25) is 6.41 Å². The van der Waals surface area contributed by atoms with Crippen molar-refractivity contribution in [2.75, 3.05) is 5.73 Å². The van der Waals surface area contributed by atoms with Gasteiger partial charge in [0, 0.05) is 11.7 Å². The predicted molar refractivity (Wildman–Crippen MR) is 53.2 cm³/mol. The van der Waals surface area contributed by atoms with E-state index in [0.29, 0.717) is 0 Å². The monoisotopic (exact) mass is 178 g/mol. The fourth-order valence-electron chi connectivity index (χ4n) is 1.25. The van der Waals surface area contributed by atoms with Crippen LogP contribution in [0.4, 0.5) is 5.69 Å². The third-order valence-corrected chi connectivity index (χ3v) is 1.85. The highest BCUT2D eigenvalue weighted by atomic mass is 16.1. The highest BCUT2D eigenvalue weighted by Crippen LogP contribution is 2.08. The van der Waals surface area contributed by atoms with Gasteiger partial charge < -0.3 is 11.1 Å². The number of anilines is 1. The summed E-state index contributed by atoms with van der Waals surface area (Å²) >= 11 is 0. The molecule has 0 aliphatic rings. The van der Waals surface area contributed by atoms with Crippen molar-refractivity contribution in [1.29, 1.82) is 0 Å². The Hall–Kier alpha value is -1.51. The molecule has 3 nitrogen and oxygen atoms in total. The molecule has 0 saturated heterocycles. The molecule has 0 radical (unpaired) electrons. The van der Waals surface area contributed by atoms with Gasteiger partial charge in [-0.2, -0.15) is 0 Å². The van der Waals surface area contributed by atoms with Crippen molar-refractivity contribution >= 4 is 12.1 Å². The van der Waals surface area contributed by atoms with Gasteiger partial charge in [-0.3, -0.25) is 4.79 Å². The second-order valence-electron chi connectivity index (χ2n) is 3.13. The van der Waals surface area contributed by atoms with Crippen LogP contribution in [0.5, 0.6) is 0 Å². The summed E-state index contributed by atoms with van der Waals surface area (Å²) in [5.41, 5.74) is 7.52. The maximum absolute atomic E-state index is 10.1. The molecule has 0 saturated carbocycles. The third-order valence-electron chi connectivity index (χ3n) is 1.85. The van der Waals surface area contributed by atoms with Gasteiger partial charge in [0.1, 0.15) is 0 Å². The molecule has 3 heteroatoms. The Labute approximate surface area is 77.9 Å². The standard InChI is InChI=1S/C10H14N2O/c1-8(12-7-13)5-9-3-2-4-10(11)6-9/h2-4,6-8H,5,11H2,1H3,(H,12,13). The second kappa shape index (κ2) is 4.50. The van der Waals surface area contributed by atoms with E-state index in [4.69, 9.17) is 5.73 Å². The third kappa shape index (κ3) is 3.15. The average Bonchev–Trinajstić information content (AvgIpc) is 2.04. The van der Waals surface area contributed by atoms with E-state index >= 15 is 0 Å². The van der Waals surface area contributed by atoms with E-state index in [9.17, 15) is 4.79 Å². The lowest BCUT2D eigenvalue weighted by molar-refractivity contribution is -0.110. The highest BCUT2D eigenvalue weighted by molar-refractivity contribution is 5.47. The van der Waals surface area contributed by atoms with E-state index in [0.717, 1.165) is 24.1 Å². The first-order valence-corrected chi connectivity index (χ1v) is 4.26. The minimum atomic E-state index is 0.152. The summed E-state index contributed by atoms with van der Waals surface area (Å²) in [4.78, 5) is 10.1. The largest absolute Gasteiger partial charge is 0.399 e. The van der Waals surface area contributed by atoms with Gasteiger partial charge in [-0.05, 0) is 31.0 Å². The molecule has 1 rings (SSSR count). The van der Waals surface area contributed by atoms with Crippen LogP contribution < -0.4 is 11.1 Å². The van der Waals surface area contributed by atoms with E-state index in [-0.39, 0.29) is 6.04 Å². The summed E-state index contributed by atoms with van der Waals surface area (Å²) < 4.78 is 0. The molecule has 3 N–H and O–H groups in total. The first-order chi connectivity index (χ1) is 6.22. The molecule has 1 aromatic rings. The van der Waals surface area contributed by atoms with Crippen molar-refractivity contribution in [2.24, 2.45) is 0 Å². The van der Waals surface area contributed by atoms with Crippen LogP contribution in [0.1, 0.15) is 12.5 Å². The molecule has 1 unspecified atom stereocenters. The Balaban J connectivity index is 2.58. The number of nitrogen functional groups attached to an aromatic ring is 1. The molecule has 0 aliphatic carbocycles. The van der Waals surface area contributed by atoms with Gasteiger partial charge in [0.15, 0.2) is 0 Å². The molecule has 13 heavy (non-hydrogen) atoms. The lowest BCUT2D eigenvalue weighted by Crippen LogP contribution is -2.26. The summed E-state index contributed by atoms with van der Waals surface area (Å²) in [7, 11) is 0. The van der Waals surface area contributed by atoms with Gasteiger partial charge in [-0.1, -0.05) is 12.1 Å².